The summed E-state index contributed by atoms with van der Waals surface area (Å²) in [5, 5.41) is 2.87. The number of hydrogen-bond donors (Lipinski definition) is 1. The van der Waals surface area contributed by atoms with Crippen molar-refractivity contribution in [3.63, 3.8) is 0 Å². The van der Waals surface area contributed by atoms with E-state index in [2.05, 4.69) is 10.3 Å². The molecule has 0 amide bonds. The normalized spacial score (nSPS) is 11.4. The van der Waals surface area contributed by atoms with Gasteiger partial charge in [-0.05, 0) is 23.3 Å². The van der Waals surface area contributed by atoms with E-state index >= 15 is 0 Å². The first kappa shape index (κ1) is 14.7. The van der Waals surface area contributed by atoms with Gasteiger partial charge in [-0.3, -0.25) is 0 Å². The van der Waals surface area contributed by atoms with E-state index in [0.717, 1.165) is 17.2 Å². The average molecular weight is 301 g/mol. The molecular formula is C14H12ClF3N2. The molecule has 2 nitrogen and oxygen atoms in total. The van der Waals surface area contributed by atoms with Crippen molar-refractivity contribution in [2.75, 3.05) is 5.32 Å². The maximum absolute atomic E-state index is 12.5. The summed E-state index contributed by atoms with van der Waals surface area (Å²) in [5.41, 5.74) is 0.988. The molecule has 0 saturated carbocycles. The Morgan fingerprint density at radius 2 is 1.75 bits per heavy atom. The minimum Gasteiger partial charge on any atom is -0.366 e. The monoisotopic (exact) mass is 300 g/mol. The summed E-state index contributed by atoms with van der Waals surface area (Å²) in [6.45, 7) is 0.388. The number of benzene rings is 1. The van der Waals surface area contributed by atoms with Gasteiger partial charge in [0, 0.05) is 12.4 Å². The third-order valence-corrected chi connectivity index (χ3v) is 2.97. The van der Waals surface area contributed by atoms with E-state index < -0.39 is 11.9 Å². The minimum absolute atomic E-state index is 0.191. The van der Waals surface area contributed by atoms with Crippen molar-refractivity contribution in [1.29, 1.82) is 0 Å². The Hall–Kier alpha value is -1.75. The van der Waals surface area contributed by atoms with Crippen LogP contribution in [0.15, 0.2) is 42.5 Å². The van der Waals surface area contributed by atoms with E-state index in [1.807, 2.05) is 24.3 Å². The van der Waals surface area contributed by atoms with Gasteiger partial charge in [-0.15, -0.1) is 11.6 Å². The predicted octanol–water partition coefficient (Wildman–Crippen LogP) is 4.45. The second-order valence-electron chi connectivity index (χ2n) is 4.21. The summed E-state index contributed by atoms with van der Waals surface area (Å²) in [6, 6.07) is 11.3. The standard InChI is InChI=1S/C14H12ClF3N2/c15-8-10-3-1-4-11(7-10)9-19-13-6-2-5-12(20-13)14(16,17)18/h1-7H,8-9H2,(H,19,20). The first-order chi connectivity index (χ1) is 9.49. The topological polar surface area (TPSA) is 24.9 Å². The molecule has 1 heterocycles. The van der Waals surface area contributed by atoms with Crippen LogP contribution in [0.25, 0.3) is 0 Å². The number of anilines is 1. The van der Waals surface area contributed by atoms with Crippen LogP contribution in [0.3, 0.4) is 0 Å². The zero-order chi connectivity index (χ0) is 14.6. The van der Waals surface area contributed by atoms with Gasteiger partial charge in [-0.2, -0.15) is 13.2 Å². The molecule has 0 spiro atoms. The summed E-state index contributed by atoms with van der Waals surface area (Å²) in [6.07, 6.45) is -4.43. The van der Waals surface area contributed by atoms with Crippen molar-refractivity contribution >= 4 is 17.4 Å². The zero-order valence-corrected chi connectivity index (χ0v) is 11.2. The van der Waals surface area contributed by atoms with Gasteiger partial charge in [0.25, 0.3) is 0 Å². The van der Waals surface area contributed by atoms with Gasteiger partial charge in [0.05, 0.1) is 0 Å². The van der Waals surface area contributed by atoms with Gasteiger partial charge in [-0.1, -0.05) is 30.3 Å². The van der Waals surface area contributed by atoms with Crippen LogP contribution in [0.2, 0.25) is 0 Å². The molecule has 0 saturated heterocycles. The summed E-state index contributed by atoms with van der Waals surface area (Å²) >= 11 is 5.73. The highest BCUT2D eigenvalue weighted by Crippen LogP contribution is 2.28. The van der Waals surface area contributed by atoms with Crippen molar-refractivity contribution in [3.05, 3.63) is 59.3 Å². The van der Waals surface area contributed by atoms with Crippen LogP contribution in [-0.4, -0.2) is 4.98 Å². The number of aromatic nitrogens is 1. The van der Waals surface area contributed by atoms with Crippen LogP contribution >= 0.6 is 11.6 Å². The fourth-order valence-corrected chi connectivity index (χ4v) is 1.87. The molecule has 2 aromatic rings. The maximum Gasteiger partial charge on any atom is 0.433 e. The van der Waals surface area contributed by atoms with Crippen LogP contribution in [0, 0.1) is 0 Å². The second kappa shape index (κ2) is 6.13. The molecule has 2 rings (SSSR count). The van der Waals surface area contributed by atoms with Crippen LogP contribution in [0.4, 0.5) is 19.0 Å². The number of nitrogens with zero attached hydrogens (tertiary/aromatic N) is 1. The number of hydrogen-bond acceptors (Lipinski definition) is 2. The van der Waals surface area contributed by atoms with E-state index in [1.165, 1.54) is 12.1 Å². The molecule has 106 valence electrons. The average Bonchev–Trinajstić information content (AvgIpc) is 2.45. The van der Waals surface area contributed by atoms with Gasteiger partial charge >= 0.3 is 6.18 Å². The molecule has 20 heavy (non-hydrogen) atoms. The van der Waals surface area contributed by atoms with Crippen LogP contribution < -0.4 is 5.32 Å². The molecule has 1 aromatic heterocycles. The SMILES string of the molecule is FC(F)(F)c1cccc(NCc2cccc(CCl)c2)n1. The molecule has 0 fully saturated rings. The Kier molecular flexibility index (Phi) is 4.49. The molecule has 0 unspecified atom stereocenters. The lowest BCUT2D eigenvalue weighted by Crippen LogP contribution is -2.10. The highest BCUT2D eigenvalue weighted by molar-refractivity contribution is 6.17. The third-order valence-electron chi connectivity index (χ3n) is 2.66. The molecule has 0 aliphatic carbocycles. The van der Waals surface area contributed by atoms with Crippen molar-refractivity contribution in [2.24, 2.45) is 0 Å². The fourth-order valence-electron chi connectivity index (χ4n) is 1.71. The smallest absolute Gasteiger partial charge is 0.366 e. The van der Waals surface area contributed by atoms with Gasteiger partial charge in [0.15, 0.2) is 0 Å². The van der Waals surface area contributed by atoms with E-state index in [9.17, 15) is 13.2 Å². The zero-order valence-electron chi connectivity index (χ0n) is 10.4. The van der Waals surface area contributed by atoms with Gasteiger partial charge < -0.3 is 5.32 Å². The lowest BCUT2D eigenvalue weighted by Gasteiger charge is -2.10. The fraction of sp³-hybridized carbons (Fsp3) is 0.214. The summed E-state index contributed by atoms with van der Waals surface area (Å²) in [7, 11) is 0. The highest BCUT2D eigenvalue weighted by Gasteiger charge is 2.32. The first-order valence-corrected chi connectivity index (χ1v) is 6.44. The molecular weight excluding hydrogens is 289 g/mol. The van der Waals surface area contributed by atoms with Crippen molar-refractivity contribution < 1.29 is 13.2 Å². The Balaban J connectivity index is 2.07. The van der Waals surface area contributed by atoms with Crippen molar-refractivity contribution in [2.45, 2.75) is 18.6 Å². The predicted molar refractivity (Wildman–Crippen MR) is 72.6 cm³/mol. The highest BCUT2D eigenvalue weighted by atomic mass is 35.5. The van der Waals surface area contributed by atoms with Gasteiger partial charge in [-0.25, -0.2) is 4.98 Å². The number of nitrogens with one attached hydrogen (secondary N) is 1. The summed E-state index contributed by atoms with van der Waals surface area (Å²) < 4.78 is 37.6. The Morgan fingerprint density at radius 3 is 2.45 bits per heavy atom. The Bertz CT molecular complexity index is 585. The van der Waals surface area contributed by atoms with Crippen molar-refractivity contribution in [1.82, 2.24) is 4.98 Å². The summed E-state index contributed by atoms with van der Waals surface area (Å²) in [5.74, 6) is 0.589. The van der Waals surface area contributed by atoms with E-state index in [0.29, 0.717) is 12.4 Å². The molecule has 0 aliphatic rings. The van der Waals surface area contributed by atoms with E-state index in [1.54, 1.807) is 0 Å². The van der Waals surface area contributed by atoms with E-state index in [4.69, 9.17) is 11.6 Å². The molecule has 0 aliphatic heterocycles. The number of rotatable bonds is 4. The largest absolute Gasteiger partial charge is 0.433 e. The molecule has 0 bridgehead atoms. The maximum atomic E-state index is 12.5. The van der Waals surface area contributed by atoms with Crippen LogP contribution in [-0.2, 0) is 18.6 Å². The van der Waals surface area contributed by atoms with Gasteiger partial charge in [0.1, 0.15) is 11.5 Å². The Labute approximate surface area is 119 Å². The van der Waals surface area contributed by atoms with Crippen LogP contribution in [0.1, 0.15) is 16.8 Å². The number of alkyl halides is 4. The lowest BCUT2D eigenvalue weighted by molar-refractivity contribution is -0.141. The molecule has 0 atom stereocenters. The van der Waals surface area contributed by atoms with Gasteiger partial charge in [0.2, 0.25) is 0 Å². The lowest BCUT2D eigenvalue weighted by atomic mass is 10.1. The number of pyridine rings is 1. The second-order valence-corrected chi connectivity index (χ2v) is 4.48. The molecule has 1 N–H and O–H groups in total. The minimum atomic E-state index is -4.43. The molecule has 1 aromatic carbocycles. The molecule has 6 heteroatoms. The number of halogens is 4. The molecule has 0 radical (unpaired) electrons. The first-order valence-electron chi connectivity index (χ1n) is 5.91. The summed E-state index contributed by atoms with van der Waals surface area (Å²) in [4.78, 5) is 3.54. The third kappa shape index (κ3) is 3.87. The Morgan fingerprint density at radius 1 is 1.05 bits per heavy atom. The quantitative estimate of drug-likeness (QED) is 0.844. The van der Waals surface area contributed by atoms with Crippen LogP contribution in [0.5, 0.6) is 0 Å². The van der Waals surface area contributed by atoms with E-state index in [-0.39, 0.29) is 5.82 Å². The van der Waals surface area contributed by atoms with Crippen molar-refractivity contribution in [3.8, 4) is 0 Å².